The molecule has 1 fully saturated rings. The molecule has 1 saturated heterocycles. The molecule has 0 amide bonds. The molecule has 1 aliphatic heterocycles. The number of anilines is 4. The molecule has 0 radical (unpaired) electrons. The Morgan fingerprint density at radius 2 is 1.69 bits per heavy atom. The molecule has 2 heterocycles. The van der Waals surface area contributed by atoms with Gasteiger partial charge in [0.1, 0.15) is 5.82 Å². The highest BCUT2D eigenvalue weighted by Crippen LogP contribution is 2.23. The topological polar surface area (TPSA) is 87.2 Å². The van der Waals surface area contributed by atoms with Gasteiger partial charge >= 0.3 is 0 Å². The van der Waals surface area contributed by atoms with Crippen LogP contribution in [0.1, 0.15) is 30.5 Å². The summed E-state index contributed by atoms with van der Waals surface area (Å²) in [6.07, 6.45) is 3.63. The van der Waals surface area contributed by atoms with E-state index < -0.39 is 10.0 Å². The Hall–Kier alpha value is -2.84. The van der Waals surface area contributed by atoms with Gasteiger partial charge in [-0.25, -0.2) is 13.4 Å². The van der Waals surface area contributed by atoms with Crippen molar-refractivity contribution < 1.29 is 8.42 Å². The van der Waals surface area contributed by atoms with E-state index in [1.54, 1.807) is 48.5 Å². The Bertz CT molecular complexity index is 1180. The number of aromatic nitrogens is 2. The van der Waals surface area contributed by atoms with Gasteiger partial charge in [0.25, 0.3) is 0 Å². The Labute approximate surface area is 193 Å². The van der Waals surface area contributed by atoms with Crippen LogP contribution in [-0.4, -0.2) is 31.5 Å². The predicted molar refractivity (Wildman–Crippen MR) is 130 cm³/mol. The van der Waals surface area contributed by atoms with Crippen molar-refractivity contribution in [2.45, 2.75) is 31.9 Å². The van der Waals surface area contributed by atoms with Gasteiger partial charge in [0.05, 0.1) is 5.75 Å². The van der Waals surface area contributed by atoms with E-state index in [2.05, 4.69) is 24.9 Å². The molecule has 0 aliphatic carbocycles. The molecule has 1 aliphatic rings. The van der Waals surface area contributed by atoms with E-state index in [0.29, 0.717) is 22.2 Å². The molecule has 0 spiro atoms. The number of nitrogens with zero attached hydrogens (tertiary/aromatic N) is 3. The van der Waals surface area contributed by atoms with Crippen molar-refractivity contribution in [3.63, 3.8) is 0 Å². The fourth-order valence-electron chi connectivity index (χ4n) is 3.71. The fraction of sp³-hybridized carbons (Fsp3) is 0.304. The maximum Gasteiger partial charge on any atom is 0.236 e. The first-order valence-electron chi connectivity index (χ1n) is 10.6. The van der Waals surface area contributed by atoms with Crippen LogP contribution in [-0.2, 0) is 15.8 Å². The fourth-order valence-corrected chi connectivity index (χ4v) is 5.10. The first-order valence-corrected chi connectivity index (χ1v) is 12.6. The standard InChI is InChI=1S/C23H26ClN5O2S/c1-17-14-22(29-12-3-2-4-13-29)27-23(25-17)26-20-8-10-21(11-9-20)28-32(30,31)16-18-6-5-7-19(24)15-18/h5-11,14-15,28H,2-4,12-13,16H2,1H3,(H,25,26,27). The SMILES string of the molecule is Cc1cc(N2CCCCC2)nc(Nc2ccc(NS(=O)(=O)Cc3cccc(Cl)c3)cc2)n1. The average molecular weight is 472 g/mol. The second-order valence-electron chi connectivity index (χ2n) is 7.93. The summed E-state index contributed by atoms with van der Waals surface area (Å²) in [5.41, 5.74) is 2.78. The lowest BCUT2D eigenvalue weighted by Crippen LogP contribution is -2.30. The van der Waals surface area contributed by atoms with Gasteiger partial charge in [-0.1, -0.05) is 23.7 Å². The maximum absolute atomic E-state index is 12.5. The van der Waals surface area contributed by atoms with Gasteiger partial charge < -0.3 is 10.2 Å². The van der Waals surface area contributed by atoms with Crippen LogP contribution in [0.25, 0.3) is 0 Å². The summed E-state index contributed by atoms with van der Waals surface area (Å²) in [4.78, 5) is 11.5. The minimum atomic E-state index is -3.56. The molecule has 1 aromatic heterocycles. The lowest BCUT2D eigenvalue weighted by molar-refractivity contribution is 0.573. The molecule has 7 nitrogen and oxygen atoms in total. The third-order valence-electron chi connectivity index (χ3n) is 5.18. The summed E-state index contributed by atoms with van der Waals surface area (Å²) in [6.45, 7) is 3.98. The zero-order chi connectivity index (χ0) is 22.6. The molecular weight excluding hydrogens is 446 g/mol. The first kappa shape index (κ1) is 22.4. The van der Waals surface area contributed by atoms with E-state index in [4.69, 9.17) is 11.6 Å². The van der Waals surface area contributed by atoms with Gasteiger partial charge in [-0.2, -0.15) is 4.98 Å². The molecule has 3 aromatic rings. The molecule has 4 rings (SSSR count). The number of hydrogen-bond acceptors (Lipinski definition) is 6. The van der Waals surface area contributed by atoms with Crippen molar-refractivity contribution in [1.29, 1.82) is 0 Å². The number of sulfonamides is 1. The summed E-state index contributed by atoms with van der Waals surface area (Å²) < 4.78 is 27.6. The van der Waals surface area contributed by atoms with E-state index in [9.17, 15) is 8.42 Å². The Morgan fingerprint density at radius 3 is 2.41 bits per heavy atom. The number of piperidine rings is 1. The summed E-state index contributed by atoms with van der Waals surface area (Å²) in [7, 11) is -3.56. The zero-order valence-electron chi connectivity index (χ0n) is 17.9. The van der Waals surface area contributed by atoms with Crippen LogP contribution in [0, 0.1) is 6.92 Å². The summed E-state index contributed by atoms with van der Waals surface area (Å²) in [6, 6.07) is 15.8. The monoisotopic (exact) mass is 471 g/mol. The van der Waals surface area contributed by atoms with Crippen LogP contribution >= 0.6 is 11.6 Å². The van der Waals surface area contributed by atoms with Crippen LogP contribution in [0.5, 0.6) is 0 Å². The molecule has 32 heavy (non-hydrogen) atoms. The van der Waals surface area contributed by atoms with Crippen LogP contribution in [0.3, 0.4) is 0 Å². The van der Waals surface area contributed by atoms with Gasteiger partial charge in [0.2, 0.25) is 16.0 Å². The number of nitrogens with one attached hydrogen (secondary N) is 2. The van der Waals surface area contributed by atoms with Crippen molar-refractivity contribution in [2.24, 2.45) is 0 Å². The molecule has 168 valence electrons. The number of aryl methyl sites for hydroxylation is 1. The summed E-state index contributed by atoms with van der Waals surface area (Å²) in [5.74, 6) is 1.31. The molecule has 0 unspecified atom stereocenters. The summed E-state index contributed by atoms with van der Waals surface area (Å²) >= 11 is 5.95. The van der Waals surface area contributed by atoms with Gasteiger partial charge in [-0.05, 0) is 68.1 Å². The van der Waals surface area contributed by atoms with E-state index in [1.165, 1.54) is 19.3 Å². The average Bonchev–Trinajstić information content (AvgIpc) is 2.75. The van der Waals surface area contributed by atoms with Crippen molar-refractivity contribution in [3.8, 4) is 0 Å². The van der Waals surface area contributed by atoms with Gasteiger partial charge in [-0.3, -0.25) is 4.72 Å². The highest BCUT2D eigenvalue weighted by Gasteiger charge is 2.15. The molecule has 0 saturated carbocycles. The van der Waals surface area contributed by atoms with Crippen molar-refractivity contribution in [3.05, 3.63) is 70.9 Å². The predicted octanol–water partition coefficient (Wildman–Crippen LogP) is 5.11. The third-order valence-corrected chi connectivity index (χ3v) is 6.68. The minimum absolute atomic E-state index is 0.149. The number of benzene rings is 2. The largest absolute Gasteiger partial charge is 0.356 e. The Balaban J connectivity index is 1.42. The van der Waals surface area contributed by atoms with E-state index in [0.717, 1.165) is 30.3 Å². The minimum Gasteiger partial charge on any atom is -0.356 e. The van der Waals surface area contributed by atoms with Gasteiger partial charge in [-0.15, -0.1) is 0 Å². The number of halogens is 1. The van der Waals surface area contributed by atoms with Crippen LogP contribution in [0.15, 0.2) is 54.6 Å². The molecule has 2 N–H and O–H groups in total. The highest BCUT2D eigenvalue weighted by atomic mass is 35.5. The molecule has 0 atom stereocenters. The molecule has 2 aromatic carbocycles. The van der Waals surface area contributed by atoms with Crippen LogP contribution in [0.2, 0.25) is 5.02 Å². The van der Waals surface area contributed by atoms with Crippen LogP contribution < -0.4 is 14.9 Å². The number of rotatable bonds is 7. The lowest BCUT2D eigenvalue weighted by atomic mass is 10.1. The quantitative estimate of drug-likeness (QED) is 0.497. The normalized spacial score (nSPS) is 14.2. The Kier molecular flexibility index (Phi) is 6.81. The molecule has 9 heteroatoms. The van der Waals surface area contributed by atoms with Crippen molar-refractivity contribution in [1.82, 2.24) is 9.97 Å². The van der Waals surface area contributed by atoms with Crippen molar-refractivity contribution >= 4 is 44.8 Å². The van der Waals surface area contributed by atoms with E-state index in [-0.39, 0.29) is 5.75 Å². The zero-order valence-corrected chi connectivity index (χ0v) is 19.5. The summed E-state index contributed by atoms with van der Waals surface area (Å²) in [5, 5.41) is 3.73. The van der Waals surface area contributed by atoms with Gasteiger partial charge in [0, 0.05) is 41.2 Å². The number of hydrogen-bond donors (Lipinski definition) is 2. The van der Waals surface area contributed by atoms with Crippen LogP contribution in [0.4, 0.5) is 23.1 Å². The van der Waals surface area contributed by atoms with E-state index in [1.807, 2.05) is 13.0 Å². The second-order valence-corrected chi connectivity index (χ2v) is 10.1. The smallest absolute Gasteiger partial charge is 0.236 e. The molecular formula is C23H26ClN5O2S. The second kappa shape index (κ2) is 9.75. The van der Waals surface area contributed by atoms with E-state index >= 15 is 0 Å². The third kappa shape index (κ3) is 6.11. The van der Waals surface area contributed by atoms with Crippen molar-refractivity contribution in [2.75, 3.05) is 28.0 Å². The maximum atomic E-state index is 12.5. The first-order chi connectivity index (χ1) is 15.4. The Morgan fingerprint density at radius 1 is 0.969 bits per heavy atom. The van der Waals surface area contributed by atoms with Gasteiger partial charge in [0.15, 0.2) is 0 Å². The molecule has 0 bridgehead atoms. The highest BCUT2D eigenvalue weighted by molar-refractivity contribution is 7.91. The lowest BCUT2D eigenvalue weighted by Gasteiger charge is -2.28.